The van der Waals surface area contributed by atoms with Gasteiger partial charge in [-0.3, -0.25) is 4.98 Å². The number of nitriles is 1. The molecule has 0 unspecified atom stereocenters. The average Bonchev–Trinajstić information content (AvgIpc) is 2.41. The number of nitrogens with zero attached hydrogens (tertiary/aromatic N) is 2. The van der Waals surface area contributed by atoms with Crippen molar-refractivity contribution in [2.45, 2.75) is 6.92 Å². The average molecular weight is 299 g/mol. The van der Waals surface area contributed by atoms with Crippen LogP contribution in [0.15, 0.2) is 41.5 Å². The van der Waals surface area contributed by atoms with Crippen molar-refractivity contribution in [3.8, 4) is 17.2 Å². The summed E-state index contributed by atoms with van der Waals surface area (Å²) in [6.45, 7) is 5.71. The minimum atomic E-state index is 0.564. The number of aromatic nitrogens is 1. The molecule has 0 spiro atoms. The summed E-state index contributed by atoms with van der Waals surface area (Å²) in [4.78, 5) is 4.15. The summed E-state index contributed by atoms with van der Waals surface area (Å²) < 4.78 is 1.03. The lowest BCUT2D eigenvalue weighted by Gasteiger charge is -2.10. The first kappa shape index (κ1) is 12.5. The van der Waals surface area contributed by atoms with Gasteiger partial charge in [-0.05, 0) is 36.3 Å². The van der Waals surface area contributed by atoms with Crippen LogP contribution in [-0.4, -0.2) is 4.98 Å². The van der Waals surface area contributed by atoms with Gasteiger partial charge in [-0.1, -0.05) is 34.6 Å². The molecule has 1 aromatic carbocycles. The maximum absolute atomic E-state index is 9.30. The van der Waals surface area contributed by atoms with Gasteiger partial charge < -0.3 is 0 Å². The minimum absolute atomic E-state index is 0.564. The van der Waals surface area contributed by atoms with Crippen LogP contribution >= 0.6 is 15.9 Å². The van der Waals surface area contributed by atoms with Crippen LogP contribution in [-0.2, 0) is 0 Å². The first-order chi connectivity index (χ1) is 8.69. The van der Waals surface area contributed by atoms with E-state index in [4.69, 9.17) is 0 Å². The normalized spacial score (nSPS) is 9.83. The van der Waals surface area contributed by atoms with E-state index in [0.29, 0.717) is 11.3 Å². The molecular formula is C15H11BrN2. The van der Waals surface area contributed by atoms with Crippen LogP contribution in [0.3, 0.4) is 0 Å². The molecule has 0 saturated carbocycles. The summed E-state index contributed by atoms with van der Waals surface area (Å²) in [5.41, 5.74) is 4.21. The van der Waals surface area contributed by atoms with E-state index in [1.54, 1.807) is 12.3 Å². The Morgan fingerprint density at radius 1 is 1.33 bits per heavy atom. The molecule has 88 valence electrons. The molecule has 0 saturated heterocycles. The Hall–Kier alpha value is -1.92. The molecule has 18 heavy (non-hydrogen) atoms. The molecule has 0 bridgehead atoms. The number of pyridine rings is 1. The van der Waals surface area contributed by atoms with Crippen molar-refractivity contribution in [3.05, 3.63) is 58.3 Å². The molecule has 0 amide bonds. The molecule has 0 aliphatic heterocycles. The number of hydrogen-bond acceptors (Lipinski definition) is 2. The molecule has 0 aliphatic carbocycles. The lowest BCUT2D eigenvalue weighted by molar-refractivity contribution is 1.26. The fourth-order valence-corrected chi connectivity index (χ4v) is 2.24. The van der Waals surface area contributed by atoms with Crippen LogP contribution in [0, 0.1) is 18.3 Å². The van der Waals surface area contributed by atoms with E-state index in [-0.39, 0.29) is 0 Å². The van der Waals surface area contributed by atoms with Gasteiger partial charge in [0.05, 0.1) is 11.3 Å². The van der Waals surface area contributed by atoms with Crippen LogP contribution < -0.4 is 0 Å². The fourth-order valence-electron chi connectivity index (χ4n) is 1.87. The van der Waals surface area contributed by atoms with Gasteiger partial charge in [-0.25, -0.2) is 0 Å². The topological polar surface area (TPSA) is 36.7 Å². The molecule has 2 aromatic rings. The van der Waals surface area contributed by atoms with Crippen LogP contribution in [0.1, 0.15) is 16.8 Å². The Kier molecular flexibility index (Phi) is 3.59. The zero-order valence-corrected chi connectivity index (χ0v) is 11.5. The predicted molar refractivity (Wildman–Crippen MR) is 76.9 cm³/mol. The minimum Gasteiger partial charge on any atom is -0.255 e. The number of halogens is 1. The number of rotatable bonds is 2. The zero-order valence-electron chi connectivity index (χ0n) is 9.94. The Morgan fingerprint density at radius 3 is 2.78 bits per heavy atom. The highest BCUT2D eigenvalue weighted by Gasteiger charge is 2.12. The van der Waals surface area contributed by atoms with E-state index in [2.05, 4.69) is 33.6 Å². The summed E-state index contributed by atoms with van der Waals surface area (Å²) in [5.74, 6) is 0. The lowest BCUT2D eigenvalue weighted by Crippen LogP contribution is -1.93. The van der Waals surface area contributed by atoms with Gasteiger partial charge >= 0.3 is 0 Å². The predicted octanol–water partition coefficient (Wildman–Crippen LogP) is 4.33. The molecule has 0 atom stereocenters. The largest absolute Gasteiger partial charge is 0.255 e. The van der Waals surface area contributed by atoms with Gasteiger partial charge in [0.15, 0.2) is 0 Å². The zero-order chi connectivity index (χ0) is 13.1. The molecule has 1 aromatic heterocycles. The van der Waals surface area contributed by atoms with Gasteiger partial charge in [-0.2, -0.15) is 5.26 Å². The monoisotopic (exact) mass is 298 g/mol. The molecule has 0 radical (unpaired) electrons. The summed E-state index contributed by atoms with van der Waals surface area (Å²) in [7, 11) is 0. The summed E-state index contributed by atoms with van der Waals surface area (Å²) in [6, 6.07) is 10.0. The van der Waals surface area contributed by atoms with Crippen LogP contribution in [0.5, 0.6) is 0 Å². The lowest BCUT2D eigenvalue weighted by atomic mass is 9.96. The highest BCUT2D eigenvalue weighted by molar-refractivity contribution is 9.10. The maximum Gasteiger partial charge on any atom is 0.102 e. The molecule has 2 rings (SSSR count). The van der Waals surface area contributed by atoms with Gasteiger partial charge in [-0.15, -0.1) is 0 Å². The van der Waals surface area contributed by atoms with E-state index in [1.807, 2.05) is 31.2 Å². The second-order valence-corrected chi connectivity index (χ2v) is 4.70. The molecule has 1 heterocycles. The second kappa shape index (κ2) is 5.16. The Bertz CT molecular complexity index is 654. The summed E-state index contributed by atoms with van der Waals surface area (Å²) in [5, 5.41) is 9.30. The quantitative estimate of drug-likeness (QED) is 0.827. The number of hydrogen-bond donors (Lipinski definition) is 0. The SMILES string of the molecule is C=Cc1nccc(-c2cccc(Br)c2C)c1C#N. The fraction of sp³-hybridized carbons (Fsp3) is 0.0667. The third kappa shape index (κ3) is 2.07. The third-order valence-corrected chi connectivity index (χ3v) is 3.70. The first-order valence-corrected chi connectivity index (χ1v) is 6.25. The first-order valence-electron chi connectivity index (χ1n) is 5.46. The Morgan fingerprint density at radius 2 is 2.11 bits per heavy atom. The number of benzene rings is 1. The van der Waals surface area contributed by atoms with Crippen molar-refractivity contribution in [1.29, 1.82) is 5.26 Å². The third-order valence-electron chi connectivity index (χ3n) is 2.84. The van der Waals surface area contributed by atoms with E-state index < -0.39 is 0 Å². The van der Waals surface area contributed by atoms with E-state index in [1.165, 1.54) is 0 Å². The molecule has 0 fully saturated rings. The molecule has 0 N–H and O–H groups in total. The van der Waals surface area contributed by atoms with Crippen molar-refractivity contribution in [3.63, 3.8) is 0 Å². The Labute approximate surface area is 115 Å². The van der Waals surface area contributed by atoms with Crippen molar-refractivity contribution in [2.75, 3.05) is 0 Å². The van der Waals surface area contributed by atoms with E-state index >= 15 is 0 Å². The standard InChI is InChI=1S/C15H11BrN2/c1-3-15-13(9-17)12(7-8-18-15)11-5-4-6-14(16)10(11)2/h3-8H,1H2,2H3. The van der Waals surface area contributed by atoms with Gasteiger partial charge in [0.25, 0.3) is 0 Å². The van der Waals surface area contributed by atoms with Crippen molar-refractivity contribution < 1.29 is 0 Å². The molecule has 2 nitrogen and oxygen atoms in total. The van der Waals surface area contributed by atoms with Crippen molar-refractivity contribution in [1.82, 2.24) is 4.98 Å². The van der Waals surface area contributed by atoms with Gasteiger partial charge in [0.1, 0.15) is 6.07 Å². The second-order valence-electron chi connectivity index (χ2n) is 3.85. The van der Waals surface area contributed by atoms with Crippen molar-refractivity contribution in [2.24, 2.45) is 0 Å². The van der Waals surface area contributed by atoms with Crippen molar-refractivity contribution >= 4 is 22.0 Å². The van der Waals surface area contributed by atoms with E-state index in [9.17, 15) is 5.26 Å². The van der Waals surface area contributed by atoms with Crippen LogP contribution in [0.4, 0.5) is 0 Å². The van der Waals surface area contributed by atoms with Gasteiger partial charge in [0, 0.05) is 16.2 Å². The van der Waals surface area contributed by atoms with Crippen LogP contribution in [0.2, 0.25) is 0 Å². The summed E-state index contributed by atoms with van der Waals surface area (Å²) in [6.07, 6.45) is 3.31. The summed E-state index contributed by atoms with van der Waals surface area (Å²) >= 11 is 3.51. The Balaban J connectivity index is 2.76. The highest BCUT2D eigenvalue weighted by atomic mass is 79.9. The van der Waals surface area contributed by atoms with Crippen LogP contribution in [0.25, 0.3) is 17.2 Å². The smallest absolute Gasteiger partial charge is 0.102 e. The maximum atomic E-state index is 9.30. The molecule has 0 aliphatic rings. The highest BCUT2D eigenvalue weighted by Crippen LogP contribution is 2.31. The molecule has 3 heteroatoms. The molecular weight excluding hydrogens is 288 g/mol. The van der Waals surface area contributed by atoms with E-state index in [0.717, 1.165) is 21.2 Å². The van der Waals surface area contributed by atoms with Gasteiger partial charge in [0.2, 0.25) is 0 Å².